The molecule has 0 saturated carbocycles. The molecule has 0 radical (unpaired) electrons. The van der Waals surface area contributed by atoms with Gasteiger partial charge in [-0.3, -0.25) is 4.79 Å². The molecule has 0 aromatic rings. The fourth-order valence-corrected chi connectivity index (χ4v) is 2.68. The molecule has 6 heteroatoms. The van der Waals surface area contributed by atoms with Crippen molar-refractivity contribution in [1.82, 2.24) is 10.2 Å². The Bertz CT molecular complexity index is 348. The molecule has 1 atom stereocenters. The molecule has 0 aromatic carbocycles. The zero-order valence-electron chi connectivity index (χ0n) is 12.8. The van der Waals surface area contributed by atoms with Crippen molar-refractivity contribution in [3.63, 3.8) is 0 Å². The SMILES string of the molecule is CCCCOC(=O)N1CCC(NC(=O)C2CCCO2)CC1. The summed E-state index contributed by atoms with van der Waals surface area (Å²) in [5, 5.41) is 3.03. The van der Waals surface area contributed by atoms with Crippen molar-refractivity contribution in [3.8, 4) is 0 Å². The van der Waals surface area contributed by atoms with E-state index in [0.29, 0.717) is 26.3 Å². The predicted octanol–water partition coefficient (Wildman–Crippen LogP) is 1.68. The molecule has 0 spiro atoms. The summed E-state index contributed by atoms with van der Waals surface area (Å²) < 4.78 is 10.6. The first-order valence-electron chi connectivity index (χ1n) is 8.04. The summed E-state index contributed by atoms with van der Waals surface area (Å²) in [5.41, 5.74) is 0. The Kier molecular flexibility index (Phi) is 6.29. The molecule has 2 aliphatic rings. The Morgan fingerprint density at radius 2 is 2.05 bits per heavy atom. The maximum absolute atomic E-state index is 12.0. The summed E-state index contributed by atoms with van der Waals surface area (Å²) in [5.74, 6) is -0.00327. The van der Waals surface area contributed by atoms with E-state index in [1.165, 1.54) is 0 Å². The van der Waals surface area contributed by atoms with Crippen molar-refractivity contribution in [2.24, 2.45) is 0 Å². The fourth-order valence-electron chi connectivity index (χ4n) is 2.68. The third kappa shape index (κ3) is 4.88. The molecule has 2 heterocycles. The van der Waals surface area contributed by atoms with Crippen LogP contribution >= 0.6 is 0 Å². The largest absolute Gasteiger partial charge is 0.449 e. The first-order chi connectivity index (χ1) is 10.2. The van der Waals surface area contributed by atoms with Gasteiger partial charge in [0.05, 0.1) is 6.61 Å². The van der Waals surface area contributed by atoms with Gasteiger partial charge in [0, 0.05) is 25.7 Å². The minimum Gasteiger partial charge on any atom is -0.449 e. The van der Waals surface area contributed by atoms with Crippen LogP contribution in [0.3, 0.4) is 0 Å². The molecule has 6 nitrogen and oxygen atoms in total. The van der Waals surface area contributed by atoms with Gasteiger partial charge in [-0.1, -0.05) is 13.3 Å². The number of ether oxygens (including phenoxy) is 2. The van der Waals surface area contributed by atoms with Gasteiger partial charge in [0.2, 0.25) is 5.91 Å². The molecule has 2 fully saturated rings. The number of carbonyl (C=O) groups excluding carboxylic acids is 2. The Morgan fingerprint density at radius 1 is 1.29 bits per heavy atom. The Balaban J connectivity index is 1.65. The molecule has 2 aliphatic heterocycles. The van der Waals surface area contributed by atoms with Crippen molar-refractivity contribution < 1.29 is 19.1 Å². The molecule has 120 valence electrons. The van der Waals surface area contributed by atoms with Crippen molar-refractivity contribution in [3.05, 3.63) is 0 Å². The number of likely N-dealkylation sites (tertiary alicyclic amines) is 1. The van der Waals surface area contributed by atoms with E-state index in [1.54, 1.807) is 4.90 Å². The lowest BCUT2D eigenvalue weighted by atomic mass is 10.0. The molecule has 1 unspecified atom stereocenters. The van der Waals surface area contributed by atoms with E-state index >= 15 is 0 Å². The second-order valence-corrected chi connectivity index (χ2v) is 5.74. The number of hydrogen-bond donors (Lipinski definition) is 1. The van der Waals surface area contributed by atoms with Crippen LogP contribution in [0.1, 0.15) is 45.4 Å². The lowest BCUT2D eigenvalue weighted by Crippen LogP contribution is -2.48. The molecular formula is C15H26N2O4. The average Bonchev–Trinajstić information content (AvgIpc) is 3.02. The second-order valence-electron chi connectivity index (χ2n) is 5.74. The highest BCUT2D eigenvalue weighted by Gasteiger charge is 2.28. The van der Waals surface area contributed by atoms with Crippen LogP contribution < -0.4 is 5.32 Å². The zero-order chi connectivity index (χ0) is 15.1. The molecule has 21 heavy (non-hydrogen) atoms. The first kappa shape index (κ1) is 16.1. The molecule has 2 saturated heterocycles. The maximum atomic E-state index is 12.0. The molecule has 2 amide bonds. The molecule has 1 N–H and O–H groups in total. The smallest absolute Gasteiger partial charge is 0.409 e. The normalized spacial score (nSPS) is 23.1. The minimum absolute atomic E-state index is 0.00327. The van der Waals surface area contributed by atoms with E-state index in [0.717, 1.165) is 38.5 Å². The number of carbonyl (C=O) groups is 2. The summed E-state index contributed by atoms with van der Waals surface area (Å²) >= 11 is 0. The first-order valence-corrected chi connectivity index (χ1v) is 8.04. The van der Waals surface area contributed by atoms with Gasteiger partial charge in [-0.2, -0.15) is 0 Å². The summed E-state index contributed by atoms with van der Waals surface area (Å²) in [6.07, 6.45) is 4.75. The Labute approximate surface area is 126 Å². The molecule has 2 rings (SSSR count). The fraction of sp³-hybridized carbons (Fsp3) is 0.867. The van der Waals surface area contributed by atoms with E-state index in [9.17, 15) is 9.59 Å². The number of piperidine rings is 1. The summed E-state index contributed by atoms with van der Waals surface area (Å²) in [6, 6.07) is 0.140. The third-order valence-electron chi connectivity index (χ3n) is 4.05. The lowest BCUT2D eigenvalue weighted by Gasteiger charge is -2.32. The van der Waals surface area contributed by atoms with E-state index in [2.05, 4.69) is 12.2 Å². The van der Waals surface area contributed by atoms with Gasteiger partial charge in [-0.25, -0.2) is 4.79 Å². The average molecular weight is 298 g/mol. The second kappa shape index (κ2) is 8.22. The zero-order valence-corrected chi connectivity index (χ0v) is 12.8. The van der Waals surface area contributed by atoms with Crippen molar-refractivity contribution in [2.45, 2.75) is 57.6 Å². The van der Waals surface area contributed by atoms with Crippen LogP contribution in [-0.4, -0.2) is 55.3 Å². The van der Waals surface area contributed by atoms with E-state index < -0.39 is 0 Å². The van der Waals surface area contributed by atoms with Crippen LogP contribution in [0.5, 0.6) is 0 Å². The van der Waals surface area contributed by atoms with Crippen LogP contribution in [0.25, 0.3) is 0 Å². The quantitative estimate of drug-likeness (QED) is 0.784. The van der Waals surface area contributed by atoms with Crippen LogP contribution in [0, 0.1) is 0 Å². The highest BCUT2D eigenvalue weighted by atomic mass is 16.6. The van der Waals surface area contributed by atoms with Gasteiger partial charge in [0.25, 0.3) is 0 Å². The van der Waals surface area contributed by atoms with Crippen molar-refractivity contribution in [1.29, 1.82) is 0 Å². The monoisotopic (exact) mass is 298 g/mol. The third-order valence-corrected chi connectivity index (χ3v) is 4.05. The van der Waals surface area contributed by atoms with Crippen LogP contribution in [0.2, 0.25) is 0 Å². The maximum Gasteiger partial charge on any atom is 0.409 e. The highest BCUT2D eigenvalue weighted by Crippen LogP contribution is 2.15. The van der Waals surface area contributed by atoms with E-state index in [-0.39, 0.29) is 24.1 Å². The molecule has 0 aromatic heterocycles. The number of nitrogens with zero attached hydrogens (tertiary/aromatic N) is 1. The van der Waals surface area contributed by atoms with E-state index in [1.807, 2.05) is 0 Å². The standard InChI is InChI=1S/C15H26N2O4/c1-2-3-10-21-15(19)17-8-6-12(7-9-17)16-14(18)13-5-4-11-20-13/h12-13H,2-11H2,1H3,(H,16,18). The topological polar surface area (TPSA) is 67.9 Å². The van der Waals surface area contributed by atoms with Gasteiger partial charge in [-0.15, -0.1) is 0 Å². The van der Waals surface area contributed by atoms with Crippen LogP contribution in [-0.2, 0) is 14.3 Å². The van der Waals surface area contributed by atoms with Gasteiger partial charge in [0.1, 0.15) is 6.10 Å². The lowest BCUT2D eigenvalue weighted by molar-refractivity contribution is -0.131. The van der Waals surface area contributed by atoms with Crippen molar-refractivity contribution in [2.75, 3.05) is 26.3 Å². The molecular weight excluding hydrogens is 272 g/mol. The van der Waals surface area contributed by atoms with Crippen LogP contribution in [0.15, 0.2) is 0 Å². The minimum atomic E-state index is -0.276. The molecule has 0 bridgehead atoms. The summed E-state index contributed by atoms with van der Waals surface area (Å²) in [6.45, 7) is 4.52. The number of amides is 2. The molecule has 0 aliphatic carbocycles. The Hall–Kier alpha value is -1.30. The Morgan fingerprint density at radius 3 is 2.67 bits per heavy atom. The predicted molar refractivity (Wildman–Crippen MR) is 78.0 cm³/mol. The van der Waals surface area contributed by atoms with Crippen LogP contribution in [0.4, 0.5) is 4.79 Å². The summed E-state index contributed by atoms with van der Waals surface area (Å²) in [4.78, 5) is 25.5. The van der Waals surface area contributed by atoms with Gasteiger partial charge < -0.3 is 19.7 Å². The number of rotatable bonds is 5. The van der Waals surface area contributed by atoms with Gasteiger partial charge in [0.15, 0.2) is 0 Å². The van der Waals surface area contributed by atoms with E-state index in [4.69, 9.17) is 9.47 Å². The van der Waals surface area contributed by atoms with Gasteiger partial charge >= 0.3 is 6.09 Å². The van der Waals surface area contributed by atoms with Crippen molar-refractivity contribution >= 4 is 12.0 Å². The number of hydrogen-bond acceptors (Lipinski definition) is 4. The highest BCUT2D eigenvalue weighted by molar-refractivity contribution is 5.81. The number of unbranched alkanes of at least 4 members (excludes halogenated alkanes) is 1. The number of nitrogens with one attached hydrogen (secondary N) is 1. The van der Waals surface area contributed by atoms with Gasteiger partial charge in [-0.05, 0) is 32.1 Å². The summed E-state index contributed by atoms with van der Waals surface area (Å²) in [7, 11) is 0.